The summed E-state index contributed by atoms with van der Waals surface area (Å²) in [6, 6.07) is 0. The first-order valence-electron chi connectivity index (χ1n) is 37.8. The van der Waals surface area contributed by atoms with Gasteiger partial charge in [-0.1, -0.05) is 200 Å². The van der Waals surface area contributed by atoms with E-state index >= 15 is 0 Å². The summed E-state index contributed by atoms with van der Waals surface area (Å²) in [5.74, 6) is -5.32. The van der Waals surface area contributed by atoms with E-state index in [1.54, 1.807) is 0 Å². The fourth-order valence-corrected chi connectivity index (χ4v) is 16.2. The van der Waals surface area contributed by atoms with Crippen LogP contribution in [-0.2, 0) is 156 Å². The molecular weight excluding hydrogens is 2370 g/mol. The molecule has 8 saturated carbocycles. The monoisotopic (exact) mass is 2550 g/mol. The van der Waals surface area contributed by atoms with E-state index < -0.39 is 96.8 Å². The van der Waals surface area contributed by atoms with Crippen LogP contribution in [-0.4, -0.2) is 49.4 Å². The summed E-state index contributed by atoms with van der Waals surface area (Å²) in [7, 11) is 0. The van der Waals surface area contributed by atoms with Gasteiger partial charge in [0.1, 0.15) is 0 Å². The Balaban J connectivity index is -0.0000000408. The quantitative estimate of drug-likeness (QED) is 0.150. The molecular formula is C92H176F24Ru8. The third kappa shape index (κ3) is 80.3. The molecule has 0 aromatic heterocycles. The van der Waals surface area contributed by atoms with Crippen LogP contribution in [0, 0.1) is 236 Å². The zero-order valence-corrected chi connectivity index (χ0v) is 95.2. The van der Waals surface area contributed by atoms with Gasteiger partial charge in [0, 0.05) is 0 Å². The standard InChI is InChI=1S/2C11H19F3.2C10H17F3.2C9H15F3.2C8H13F3.16CH3.8Ru/c2*1-10(2,3)8-5-4-6-9(7-8)11(12,13)14;2*1-7(2)8-4-3-5-9(6-8)10(11,12)13;2*1-2-7-4-3-5-8(6-7)9(10,11)12;2*1-6-3-2-4-7(5-6)8(9,10)11;;;;;;;;;;;;;;;;;;;;;;;;/h2*8-9H,4-7H2,1-3H3;2*7-9H,3-6H2,1-2H3;2*7-8H,2-6H2,1H3;2*6-7H,2-5H2,1H3;16*1H3;;;;;;;;/q;;;;;;;;16*-1;8*+2. The van der Waals surface area contributed by atoms with Gasteiger partial charge < -0.3 is 119 Å². The molecule has 776 valence electrons. The predicted molar refractivity (Wildman–Crippen MR) is 455 cm³/mol. The SMILES string of the molecule is CC(C)(C)C1CCCC(C(F)(F)F)C1.CC(C)(C)C1CCCC(C(F)(F)F)C1.CC(C)C1CCCC(C(F)(F)F)C1.CC(C)C1CCCC(C(F)(F)F)C1.CC1CCCC(C(F)(F)F)C1.CC1CCCC(C(F)(F)F)C1.CCC1CCCC(C(F)(F)F)C1.CCC1CCCC(C(F)(F)F)C1.[CH3-].[CH3-].[CH3-].[CH3-].[CH3-].[CH3-].[CH3-].[CH3-].[CH3-].[CH3-].[CH3-].[CH3-].[CH3-].[CH3-].[CH3-].[CH3-].[Ru+2].[Ru+2].[Ru+2].[Ru+2].[Ru+2].[Ru+2].[Ru+2].[Ru+2]. The molecule has 0 aliphatic heterocycles. The van der Waals surface area contributed by atoms with Crippen molar-refractivity contribution in [3.8, 4) is 0 Å². The Hall–Kier alpha value is 3.31. The van der Waals surface area contributed by atoms with E-state index in [9.17, 15) is 105 Å². The summed E-state index contributed by atoms with van der Waals surface area (Å²) in [5, 5.41) is 0. The fourth-order valence-electron chi connectivity index (χ4n) is 16.2. The molecule has 0 saturated heterocycles. The van der Waals surface area contributed by atoms with E-state index in [0.29, 0.717) is 126 Å². The summed E-state index contributed by atoms with van der Waals surface area (Å²) in [6.07, 6.45) is -10.7. The van der Waals surface area contributed by atoms with E-state index in [1.165, 1.54) is 0 Å². The Kier molecular flexibility index (Phi) is 133. The summed E-state index contributed by atoms with van der Waals surface area (Å²) in [5.41, 5.74) is 0.0356. The van der Waals surface area contributed by atoms with Crippen molar-refractivity contribution in [2.24, 2.45) is 117 Å². The normalized spacial score (nSPS) is 25.5. The van der Waals surface area contributed by atoms with Gasteiger partial charge in [-0.3, -0.25) is 0 Å². The summed E-state index contributed by atoms with van der Waals surface area (Å²) < 4.78 is 295. The molecule has 16 atom stereocenters. The maximum absolute atomic E-state index is 12.5. The first-order valence-corrected chi connectivity index (χ1v) is 37.8. The molecule has 0 aromatic rings. The molecule has 0 amide bonds. The van der Waals surface area contributed by atoms with Crippen molar-refractivity contribution < 1.29 is 261 Å². The Morgan fingerprint density at radius 3 is 0.500 bits per heavy atom. The van der Waals surface area contributed by atoms with Gasteiger partial charge in [0.2, 0.25) is 0 Å². The average molecular weight is 2550 g/mol. The first-order chi connectivity index (χ1) is 45.3. The molecule has 8 fully saturated rings. The molecule has 0 aromatic carbocycles. The van der Waals surface area contributed by atoms with Crippen LogP contribution < -0.4 is 0 Å². The Bertz CT molecular complexity index is 1980. The van der Waals surface area contributed by atoms with Gasteiger partial charge in [0.05, 0.1) is 47.3 Å². The van der Waals surface area contributed by atoms with Crippen molar-refractivity contribution in [3.63, 3.8) is 0 Å². The first kappa shape index (κ1) is 190. The van der Waals surface area contributed by atoms with Crippen LogP contribution in [0.1, 0.15) is 315 Å². The van der Waals surface area contributed by atoms with Gasteiger partial charge in [0.25, 0.3) is 0 Å². The van der Waals surface area contributed by atoms with Gasteiger partial charge in [-0.2, -0.15) is 105 Å². The largest absolute Gasteiger partial charge is 2.00 e. The molecule has 124 heavy (non-hydrogen) atoms. The summed E-state index contributed by atoms with van der Waals surface area (Å²) in [4.78, 5) is 0. The smallest absolute Gasteiger partial charge is 0.358 e. The second-order valence-electron chi connectivity index (χ2n) is 34.1. The van der Waals surface area contributed by atoms with Crippen molar-refractivity contribution in [1.29, 1.82) is 0 Å². The van der Waals surface area contributed by atoms with Crippen molar-refractivity contribution in [1.82, 2.24) is 0 Å². The maximum atomic E-state index is 12.5. The van der Waals surface area contributed by atoms with Crippen molar-refractivity contribution >= 4 is 0 Å². The minimum atomic E-state index is -3.98. The van der Waals surface area contributed by atoms with Crippen LogP contribution >= 0.6 is 0 Å². The zero-order chi connectivity index (χ0) is 77.4. The zero-order valence-electron chi connectivity index (χ0n) is 81.3. The van der Waals surface area contributed by atoms with Crippen molar-refractivity contribution in [3.05, 3.63) is 119 Å². The Labute approximate surface area is 854 Å². The number of halogens is 24. The van der Waals surface area contributed by atoms with Crippen molar-refractivity contribution in [2.75, 3.05) is 0 Å². The topological polar surface area (TPSA) is 0 Å². The molecule has 0 spiro atoms. The Morgan fingerprint density at radius 1 is 0.202 bits per heavy atom. The van der Waals surface area contributed by atoms with E-state index in [2.05, 4.69) is 0 Å². The van der Waals surface area contributed by atoms with Gasteiger partial charge in [-0.15, -0.1) is 0 Å². The third-order valence-corrected chi connectivity index (χ3v) is 23.4. The number of rotatable bonds is 4. The van der Waals surface area contributed by atoms with Gasteiger partial charge in [0.15, 0.2) is 0 Å². The van der Waals surface area contributed by atoms with Gasteiger partial charge >= 0.3 is 205 Å². The summed E-state index contributed by atoms with van der Waals surface area (Å²) in [6.45, 7) is 28.1. The molecule has 0 bridgehead atoms. The average Bonchev–Trinajstić information content (AvgIpc) is 0.789. The molecule has 0 N–H and O–H groups in total. The number of hydrogen-bond donors (Lipinski definition) is 0. The Morgan fingerprint density at radius 2 is 0.347 bits per heavy atom. The minimum absolute atomic E-state index is 0. The molecule has 0 radical (unpaired) electrons. The minimum Gasteiger partial charge on any atom is -0.358 e. The molecule has 32 heteroatoms. The molecule has 8 aliphatic rings. The van der Waals surface area contributed by atoms with E-state index in [1.807, 2.05) is 96.9 Å². The summed E-state index contributed by atoms with van der Waals surface area (Å²) >= 11 is 0. The van der Waals surface area contributed by atoms with Crippen LogP contribution in [0.5, 0.6) is 0 Å². The van der Waals surface area contributed by atoms with Gasteiger partial charge in [-0.25, -0.2) is 0 Å². The van der Waals surface area contributed by atoms with Crippen molar-refractivity contribution in [2.45, 2.75) is 365 Å². The van der Waals surface area contributed by atoms with E-state index in [4.69, 9.17) is 0 Å². The third-order valence-electron chi connectivity index (χ3n) is 23.4. The van der Waals surface area contributed by atoms with Crippen LogP contribution in [0.4, 0.5) is 105 Å². The molecule has 16 unspecified atom stereocenters. The second-order valence-corrected chi connectivity index (χ2v) is 34.1. The molecule has 8 aliphatic carbocycles. The second kappa shape index (κ2) is 86.6. The van der Waals surface area contributed by atoms with Gasteiger partial charge in [-0.05, 0) is 186 Å². The predicted octanol–water partition coefficient (Wildman–Crippen LogP) is 38.3. The van der Waals surface area contributed by atoms with E-state index in [0.717, 1.165) is 116 Å². The molecule has 8 rings (SSSR count). The maximum Gasteiger partial charge on any atom is 2.00 e. The molecule has 0 heterocycles. The number of hydrogen-bond acceptors (Lipinski definition) is 0. The van der Waals surface area contributed by atoms with Crippen LogP contribution in [0.2, 0.25) is 0 Å². The van der Waals surface area contributed by atoms with Crippen LogP contribution in [0.3, 0.4) is 0 Å². The number of alkyl halides is 24. The van der Waals surface area contributed by atoms with Crippen LogP contribution in [0.15, 0.2) is 0 Å². The fraction of sp³-hybridized carbons (Fsp3) is 0.826. The van der Waals surface area contributed by atoms with E-state index in [-0.39, 0.29) is 321 Å². The van der Waals surface area contributed by atoms with Crippen LogP contribution in [0.25, 0.3) is 0 Å². The molecule has 0 nitrogen and oxygen atoms in total.